The molecule has 0 aliphatic rings. The summed E-state index contributed by atoms with van der Waals surface area (Å²) in [5.74, 6) is 2.97. The van der Waals surface area contributed by atoms with Gasteiger partial charge in [0, 0.05) is 19.3 Å². The number of nitrogens with one attached hydrogen (secondary N) is 1. The van der Waals surface area contributed by atoms with Gasteiger partial charge in [0.2, 0.25) is 5.91 Å². The van der Waals surface area contributed by atoms with E-state index in [1.54, 1.807) is 0 Å². The molecule has 146 valence electrons. The van der Waals surface area contributed by atoms with Gasteiger partial charge in [-0.15, -0.1) is 22.0 Å². The zero-order chi connectivity index (χ0) is 19.8. The number of nitrogens with zero attached hydrogens (tertiary/aromatic N) is 3. The van der Waals surface area contributed by atoms with Gasteiger partial charge in [-0.25, -0.2) is 0 Å². The number of benzene rings is 2. The van der Waals surface area contributed by atoms with Crippen LogP contribution in [0.1, 0.15) is 22.5 Å². The van der Waals surface area contributed by atoms with Gasteiger partial charge in [-0.3, -0.25) is 4.79 Å². The van der Waals surface area contributed by atoms with Crippen molar-refractivity contribution in [2.24, 2.45) is 7.05 Å². The molecule has 0 saturated carbocycles. The summed E-state index contributed by atoms with van der Waals surface area (Å²) < 4.78 is 1.97. The summed E-state index contributed by atoms with van der Waals surface area (Å²) in [6.07, 6.45) is 0. The summed E-state index contributed by atoms with van der Waals surface area (Å²) in [4.78, 5) is 12.1. The van der Waals surface area contributed by atoms with Crippen molar-refractivity contribution in [3.8, 4) is 0 Å². The fourth-order valence-corrected chi connectivity index (χ4v) is 4.24. The molecule has 3 rings (SSSR count). The normalized spacial score (nSPS) is 10.8. The van der Waals surface area contributed by atoms with Crippen LogP contribution in [-0.2, 0) is 29.9 Å². The fourth-order valence-electron chi connectivity index (χ4n) is 2.52. The molecule has 1 aromatic heterocycles. The van der Waals surface area contributed by atoms with E-state index in [2.05, 4.69) is 46.7 Å². The van der Waals surface area contributed by atoms with Gasteiger partial charge in [-0.05, 0) is 18.1 Å². The molecule has 0 unspecified atom stereocenters. The lowest BCUT2D eigenvalue weighted by atomic mass is 10.2. The Labute approximate surface area is 174 Å². The molecule has 5 nitrogen and oxygen atoms in total. The van der Waals surface area contributed by atoms with Gasteiger partial charge in [0.15, 0.2) is 5.16 Å². The summed E-state index contributed by atoms with van der Waals surface area (Å²) in [5, 5.41) is 12.2. The van der Waals surface area contributed by atoms with E-state index in [1.165, 1.54) is 22.9 Å². The lowest BCUT2D eigenvalue weighted by Gasteiger charge is -2.06. The monoisotopic (exact) mass is 412 g/mol. The first kappa shape index (κ1) is 20.5. The number of aromatic nitrogens is 3. The van der Waals surface area contributed by atoms with E-state index in [1.807, 2.05) is 53.7 Å². The summed E-state index contributed by atoms with van der Waals surface area (Å²) in [7, 11) is 1.95. The smallest absolute Gasteiger partial charge is 0.230 e. The van der Waals surface area contributed by atoms with E-state index < -0.39 is 0 Å². The number of amides is 1. The molecule has 0 aliphatic heterocycles. The fraction of sp³-hybridized carbons (Fsp3) is 0.286. The van der Waals surface area contributed by atoms with Crippen LogP contribution in [0, 0.1) is 6.92 Å². The first-order valence-corrected chi connectivity index (χ1v) is 11.2. The molecule has 3 aromatic rings. The van der Waals surface area contributed by atoms with Gasteiger partial charge in [-0.2, -0.15) is 0 Å². The Balaban J connectivity index is 1.42. The average molecular weight is 413 g/mol. The molecule has 0 spiro atoms. The van der Waals surface area contributed by atoms with Crippen molar-refractivity contribution in [2.45, 2.75) is 30.1 Å². The lowest BCUT2D eigenvalue weighted by molar-refractivity contribution is -0.118. The van der Waals surface area contributed by atoms with Crippen molar-refractivity contribution in [1.82, 2.24) is 20.1 Å². The zero-order valence-corrected chi connectivity index (χ0v) is 17.7. The summed E-state index contributed by atoms with van der Waals surface area (Å²) in [6, 6.07) is 18.5. The highest BCUT2D eigenvalue weighted by Crippen LogP contribution is 2.20. The Morgan fingerprint density at radius 3 is 2.50 bits per heavy atom. The molecule has 0 fully saturated rings. The van der Waals surface area contributed by atoms with Gasteiger partial charge < -0.3 is 9.88 Å². The SMILES string of the molecule is Cc1ccc(CSCc2nnc(SCC(=O)NCc3ccccc3)n2C)cc1. The first-order valence-electron chi connectivity index (χ1n) is 9.07. The molecular formula is C21H24N4OS2. The van der Waals surface area contributed by atoms with E-state index in [-0.39, 0.29) is 5.91 Å². The number of aryl methyl sites for hydroxylation is 1. The van der Waals surface area contributed by atoms with Crippen LogP contribution in [0.3, 0.4) is 0 Å². The minimum Gasteiger partial charge on any atom is -0.351 e. The lowest BCUT2D eigenvalue weighted by Crippen LogP contribution is -2.24. The maximum absolute atomic E-state index is 12.1. The quantitative estimate of drug-likeness (QED) is 0.539. The molecule has 1 N–H and O–H groups in total. The Morgan fingerprint density at radius 1 is 1.00 bits per heavy atom. The highest BCUT2D eigenvalue weighted by Gasteiger charge is 2.11. The van der Waals surface area contributed by atoms with Crippen LogP contribution in [0.5, 0.6) is 0 Å². The molecule has 0 aliphatic carbocycles. The second-order valence-corrected chi connectivity index (χ2v) is 8.42. The van der Waals surface area contributed by atoms with Crippen LogP contribution < -0.4 is 5.32 Å². The highest BCUT2D eigenvalue weighted by molar-refractivity contribution is 7.99. The number of carbonyl (C=O) groups is 1. The van der Waals surface area contributed by atoms with E-state index in [9.17, 15) is 4.79 Å². The van der Waals surface area contributed by atoms with Crippen molar-refractivity contribution in [3.63, 3.8) is 0 Å². The van der Waals surface area contributed by atoms with Crippen molar-refractivity contribution in [1.29, 1.82) is 0 Å². The highest BCUT2D eigenvalue weighted by atomic mass is 32.2. The Kier molecular flexibility index (Phi) is 7.56. The third-order valence-corrected chi connectivity index (χ3v) is 6.23. The Hall–Kier alpha value is -2.25. The van der Waals surface area contributed by atoms with Crippen LogP contribution in [0.25, 0.3) is 0 Å². The van der Waals surface area contributed by atoms with Crippen molar-refractivity contribution in [3.05, 3.63) is 77.1 Å². The number of rotatable bonds is 9. The van der Waals surface area contributed by atoms with Gasteiger partial charge in [0.05, 0.1) is 11.5 Å². The first-order chi connectivity index (χ1) is 13.6. The third kappa shape index (κ3) is 6.14. The second kappa shape index (κ2) is 10.3. The summed E-state index contributed by atoms with van der Waals surface area (Å²) in [5.41, 5.74) is 3.67. The van der Waals surface area contributed by atoms with Crippen molar-refractivity contribution >= 4 is 29.4 Å². The Bertz CT molecular complexity index is 895. The Morgan fingerprint density at radius 2 is 1.75 bits per heavy atom. The minimum atomic E-state index is -0.00727. The molecule has 0 bridgehead atoms. The molecule has 0 radical (unpaired) electrons. The predicted molar refractivity (Wildman–Crippen MR) is 116 cm³/mol. The average Bonchev–Trinajstić information content (AvgIpc) is 3.07. The number of thioether (sulfide) groups is 2. The van der Waals surface area contributed by atoms with Gasteiger partial charge in [-0.1, -0.05) is 71.9 Å². The molecule has 28 heavy (non-hydrogen) atoms. The summed E-state index contributed by atoms with van der Waals surface area (Å²) in [6.45, 7) is 2.64. The minimum absolute atomic E-state index is 0.00727. The van der Waals surface area contributed by atoms with Crippen LogP contribution in [-0.4, -0.2) is 26.4 Å². The summed E-state index contributed by atoms with van der Waals surface area (Å²) >= 11 is 3.22. The van der Waals surface area contributed by atoms with Crippen LogP contribution in [0.2, 0.25) is 0 Å². The van der Waals surface area contributed by atoms with Crippen LogP contribution in [0.15, 0.2) is 59.8 Å². The maximum atomic E-state index is 12.1. The standard InChI is InChI=1S/C21H24N4OS2/c1-16-8-10-18(11-9-16)13-27-14-19-23-24-21(25(19)2)28-15-20(26)22-12-17-6-4-3-5-7-17/h3-11H,12-15H2,1-2H3,(H,22,26). The van der Waals surface area contributed by atoms with Crippen LogP contribution in [0.4, 0.5) is 0 Å². The van der Waals surface area contributed by atoms with E-state index in [4.69, 9.17) is 0 Å². The number of carbonyl (C=O) groups excluding carboxylic acids is 1. The third-order valence-electron chi connectivity index (χ3n) is 4.21. The van der Waals surface area contributed by atoms with Gasteiger partial charge in [0.25, 0.3) is 0 Å². The largest absolute Gasteiger partial charge is 0.351 e. The van der Waals surface area contributed by atoms with Crippen molar-refractivity contribution in [2.75, 3.05) is 5.75 Å². The molecule has 1 heterocycles. The van der Waals surface area contributed by atoms with Gasteiger partial charge >= 0.3 is 0 Å². The predicted octanol–water partition coefficient (Wildman–Crippen LogP) is 3.97. The van der Waals surface area contributed by atoms with Crippen LogP contribution >= 0.6 is 23.5 Å². The molecule has 0 saturated heterocycles. The van der Waals surface area contributed by atoms with E-state index in [0.717, 1.165) is 28.0 Å². The molecular weight excluding hydrogens is 388 g/mol. The maximum Gasteiger partial charge on any atom is 0.230 e. The van der Waals surface area contributed by atoms with E-state index in [0.29, 0.717) is 12.3 Å². The van der Waals surface area contributed by atoms with E-state index >= 15 is 0 Å². The number of hydrogen-bond acceptors (Lipinski definition) is 5. The molecule has 1 amide bonds. The molecule has 7 heteroatoms. The molecule has 0 atom stereocenters. The second-order valence-electron chi connectivity index (χ2n) is 6.49. The zero-order valence-electron chi connectivity index (χ0n) is 16.1. The van der Waals surface area contributed by atoms with Crippen molar-refractivity contribution < 1.29 is 4.79 Å². The topological polar surface area (TPSA) is 59.8 Å². The van der Waals surface area contributed by atoms with Gasteiger partial charge in [0.1, 0.15) is 5.82 Å². The molecule has 2 aromatic carbocycles. The number of hydrogen-bond donors (Lipinski definition) is 1.